The Bertz CT molecular complexity index is 752. The van der Waals surface area contributed by atoms with Crippen LogP contribution in [0, 0.1) is 3.70 Å². The van der Waals surface area contributed by atoms with Crippen LogP contribution in [0.15, 0.2) is 48.5 Å². The van der Waals surface area contributed by atoms with Crippen molar-refractivity contribution >= 4 is 39.4 Å². The largest absolute Gasteiger partial charge is 0.348 e. The van der Waals surface area contributed by atoms with E-state index in [-0.39, 0.29) is 5.91 Å². The van der Waals surface area contributed by atoms with Crippen LogP contribution >= 0.6 is 22.6 Å². The Labute approximate surface area is 129 Å². The third kappa shape index (κ3) is 2.67. The number of aromatic nitrogens is 2. The fourth-order valence-electron chi connectivity index (χ4n) is 2.00. The molecule has 0 atom stereocenters. The van der Waals surface area contributed by atoms with Crippen LogP contribution in [0.25, 0.3) is 10.9 Å². The molecule has 2 aromatic carbocycles. The fraction of sp³-hybridized carbons (Fsp3) is 0.0667. The number of carbonyl (C=O) groups excluding carboxylic acids is 1. The number of amides is 1. The first kappa shape index (κ1) is 13.1. The summed E-state index contributed by atoms with van der Waals surface area (Å²) in [5, 5.41) is 10.9. The predicted octanol–water partition coefficient (Wildman–Crippen LogP) is 3.10. The second-order valence-corrected chi connectivity index (χ2v) is 5.52. The first-order chi connectivity index (χ1) is 9.74. The van der Waals surface area contributed by atoms with Gasteiger partial charge in [0.25, 0.3) is 5.91 Å². The average molecular weight is 377 g/mol. The Morgan fingerprint density at radius 3 is 2.80 bits per heavy atom. The molecule has 0 aliphatic heterocycles. The number of halogens is 1. The molecule has 0 bridgehead atoms. The van der Waals surface area contributed by atoms with Gasteiger partial charge in [0.15, 0.2) is 0 Å². The van der Waals surface area contributed by atoms with Crippen LogP contribution < -0.4 is 5.32 Å². The second-order valence-electron chi connectivity index (χ2n) is 4.44. The monoisotopic (exact) mass is 377 g/mol. The summed E-state index contributed by atoms with van der Waals surface area (Å²) in [7, 11) is 0. The molecule has 0 spiro atoms. The number of carbonyl (C=O) groups is 1. The maximum atomic E-state index is 12.2. The zero-order valence-corrected chi connectivity index (χ0v) is 12.7. The summed E-state index contributed by atoms with van der Waals surface area (Å²) < 4.78 is 0.940. The SMILES string of the molecule is O=C(NCc1ccccc1)c1ccc2n[nH]c(I)c2c1. The van der Waals surface area contributed by atoms with E-state index in [1.807, 2.05) is 42.5 Å². The van der Waals surface area contributed by atoms with E-state index in [1.54, 1.807) is 6.07 Å². The molecule has 3 rings (SSSR count). The van der Waals surface area contributed by atoms with Gasteiger partial charge in [-0.25, -0.2) is 0 Å². The lowest BCUT2D eigenvalue weighted by atomic mass is 10.1. The third-order valence-corrected chi connectivity index (χ3v) is 3.89. The smallest absolute Gasteiger partial charge is 0.251 e. The van der Waals surface area contributed by atoms with Gasteiger partial charge in [0.1, 0.15) is 3.70 Å². The highest BCUT2D eigenvalue weighted by Crippen LogP contribution is 2.19. The number of nitrogens with one attached hydrogen (secondary N) is 2. The molecule has 0 saturated carbocycles. The van der Waals surface area contributed by atoms with E-state index >= 15 is 0 Å². The van der Waals surface area contributed by atoms with E-state index in [0.29, 0.717) is 12.1 Å². The van der Waals surface area contributed by atoms with Crippen molar-refractivity contribution in [1.29, 1.82) is 0 Å². The number of rotatable bonds is 3. The van der Waals surface area contributed by atoms with Crippen LogP contribution in [0.2, 0.25) is 0 Å². The van der Waals surface area contributed by atoms with E-state index in [4.69, 9.17) is 0 Å². The Morgan fingerprint density at radius 1 is 1.20 bits per heavy atom. The number of fused-ring (bicyclic) bond motifs is 1. The van der Waals surface area contributed by atoms with E-state index in [0.717, 1.165) is 20.2 Å². The maximum absolute atomic E-state index is 12.2. The molecular formula is C15H12IN3O. The van der Waals surface area contributed by atoms with Gasteiger partial charge in [0, 0.05) is 17.5 Å². The Balaban J connectivity index is 1.77. The highest BCUT2D eigenvalue weighted by molar-refractivity contribution is 14.1. The Hall–Kier alpha value is -1.89. The van der Waals surface area contributed by atoms with Gasteiger partial charge in [-0.2, -0.15) is 5.10 Å². The summed E-state index contributed by atoms with van der Waals surface area (Å²) in [5.74, 6) is -0.0762. The standard InChI is InChI=1S/C15H12IN3O/c16-14-12-8-11(6-7-13(12)18-19-14)15(20)17-9-10-4-2-1-3-5-10/h1-8H,9H2,(H,17,20)(H,18,19). The molecule has 1 heterocycles. The Morgan fingerprint density at radius 2 is 2.00 bits per heavy atom. The minimum Gasteiger partial charge on any atom is -0.348 e. The van der Waals surface area contributed by atoms with Gasteiger partial charge < -0.3 is 5.32 Å². The molecule has 20 heavy (non-hydrogen) atoms. The number of H-pyrrole nitrogens is 1. The minimum atomic E-state index is -0.0762. The van der Waals surface area contributed by atoms with Gasteiger partial charge in [-0.05, 0) is 46.4 Å². The summed E-state index contributed by atoms with van der Waals surface area (Å²) in [6.07, 6.45) is 0. The Kier molecular flexibility index (Phi) is 3.68. The van der Waals surface area contributed by atoms with Crippen molar-refractivity contribution in [3.63, 3.8) is 0 Å². The molecule has 0 saturated heterocycles. The average Bonchev–Trinajstić information content (AvgIpc) is 2.87. The number of hydrogen-bond acceptors (Lipinski definition) is 2. The maximum Gasteiger partial charge on any atom is 0.251 e. The van der Waals surface area contributed by atoms with Crippen molar-refractivity contribution in [2.24, 2.45) is 0 Å². The molecule has 0 aliphatic carbocycles. The predicted molar refractivity (Wildman–Crippen MR) is 86.4 cm³/mol. The molecule has 2 N–H and O–H groups in total. The molecule has 4 nitrogen and oxygen atoms in total. The first-order valence-electron chi connectivity index (χ1n) is 6.20. The number of benzene rings is 2. The summed E-state index contributed by atoms with van der Waals surface area (Å²) in [5.41, 5.74) is 2.60. The van der Waals surface area contributed by atoms with Gasteiger partial charge in [-0.15, -0.1) is 0 Å². The van der Waals surface area contributed by atoms with Gasteiger partial charge in [0.05, 0.1) is 5.52 Å². The molecule has 3 aromatic rings. The van der Waals surface area contributed by atoms with Crippen molar-refractivity contribution in [2.75, 3.05) is 0 Å². The molecular weight excluding hydrogens is 365 g/mol. The lowest BCUT2D eigenvalue weighted by molar-refractivity contribution is 0.0951. The topological polar surface area (TPSA) is 57.8 Å². The molecule has 1 aromatic heterocycles. The summed E-state index contributed by atoms with van der Waals surface area (Å²) in [6, 6.07) is 15.4. The number of hydrogen-bond donors (Lipinski definition) is 2. The molecule has 0 radical (unpaired) electrons. The molecule has 5 heteroatoms. The van der Waals surface area contributed by atoms with Crippen LogP contribution in [-0.2, 0) is 6.54 Å². The van der Waals surface area contributed by atoms with Crippen LogP contribution in [0.3, 0.4) is 0 Å². The lowest BCUT2D eigenvalue weighted by Gasteiger charge is -2.05. The van der Waals surface area contributed by atoms with Crippen molar-refractivity contribution in [3.8, 4) is 0 Å². The minimum absolute atomic E-state index is 0.0762. The van der Waals surface area contributed by atoms with Crippen LogP contribution in [0.5, 0.6) is 0 Å². The van der Waals surface area contributed by atoms with Gasteiger partial charge in [-0.3, -0.25) is 9.89 Å². The number of nitrogens with zero attached hydrogens (tertiary/aromatic N) is 1. The third-order valence-electron chi connectivity index (χ3n) is 3.07. The summed E-state index contributed by atoms with van der Waals surface area (Å²) in [6.45, 7) is 0.528. The van der Waals surface area contributed by atoms with Gasteiger partial charge in [-0.1, -0.05) is 30.3 Å². The van der Waals surface area contributed by atoms with Gasteiger partial charge >= 0.3 is 0 Å². The van der Waals surface area contributed by atoms with E-state index < -0.39 is 0 Å². The van der Waals surface area contributed by atoms with E-state index in [1.165, 1.54) is 0 Å². The molecule has 100 valence electrons. The van der Waals surface area contributed by atoms with E-state index in [9.17, 15) is 4.79 Å². The quantitative estimate of drug-likeness (QED) is 0.690. The van der Waals surface area contributed by atoms with Crippen molar-refractivity contribution in [2.45, 2.75) is 6.54 Å². The van der Waals surface area contributed by atoms with E-state index in [2.05, 4.69) is 38.1 Å². The highest BCUT2D eigenvalue weighted by atomic mass is 127. The zero-order chi connectivity index (χ0) is 13.9. The van der Waals surface area contributed by atoms with Crippen LogP contribution in [-0.4, -0.2) is 16.1 Å². The number of aromatic amines is 1. The highest BCUT2D eigenvalue weighted by Gasteiger charge is 2.09. The van der Waals surface area contributed by atoms with Crippen LogP contribution in [0.1, 0.15) is 15.9 Å². The fourth-order valence-corrected chi connectivity index (χ4v) is 2.55. The molecule has 0 fully saturated rings. The summed E-state index contributed by atoms with van der Waals surface area (Å²) >= 11 is 2.17. The summed E-state index contributed by atoms with van der Waals surface area (Å²) in [4.78, 5) is 12.2. The molecule has 0 unspecified atom stereocenters. The normalized spacial score (nSPS) is 10.7. The second kappa shape index (κ2) is 5.62. The van der Waals surface area contributed by atoms with Crippen molar-refractivity contribution < 1.29 is 4.79 Å². The molecule has 0 aliphatic rings. The van der Waals surface area contributed by atoms with Crippen molar-refractivity contribution in [1.82, 2.24) is 15.5 Å². The lowest BCUT2D eigenvalue weighted by Crippen LogP contribution is -2.22. The molecule has 1 amide bonds. The first-order valence-corrected chi connectivity index (χ1v) is 7.27. The van der Waals surface area contributed by atoms with Gasteiger partial charge in [0.2, 0.25) is 0 Å². The van der Waals surface area contributed by atoms with Crippen LogP contribution in [0.4, 0.5) is 0 Å². The van der Waals surface area contributed by atoms with Crippen molar-refractivity contribution in [3.05, 3.63) is 63.4 Å². The zero-order valence-electron chi connectivity index (χ0n) is 10.6.